The van der Waals surface area contributed by atoms with E-state index in [9.17, 15) is 22.8 Å². The molecule has 1 heterocycles. The van der Waals surface area contributed by atoms with E-state index in [1.165, 1.54) is 0 Å². The van der Waals surface area contributed by atoms with Crippen LogP contribution in [-0.4, -0.2) is 56.9 Å². The van der Waals surface area contributed by atoms with Gasteiger partial charge in [-0.05, 0) is 62.6 Å². The van der Waals surface area contributed by atoms with Crippen molar-refractivity contribution in [1.29, 1.82) is 0 Å². The van der Waals surface area contributed by atoms with Crippen LogP contribution in [0.1, 0.15) is 35.2 Å². The van der Waals surface area contributed by atoms with Gasteiger partial charge in [-0.25, -0.2) is 8.42 Å². The molecule has 0 aliphatic carbocycles. The fourth-order valence-electron chi connectivity index (χ4n) is 3.50. The summed E-state index contributed by atoms with van der Waals surface area (Å²) in [4.78, 5) is 37.7. The lowest BCUT2D eigenvalue weighted by molar-refractivity contribution is -0.124. The Labute approximate surface area is 199 Å². The number of rotatable bonds is 9. The van der Waals surface area contributed by atoms with Crippen molar-refractivity contribution < 1.29 is 27.5 Å². The third-order valence-corrected chi connectivity index (χ3v) is 6.30. The van der Waals surface area contributed by atoms with Gasteiger partial charge < -0.3 is 20.7 Å². The van der Waals surface area contributed by atoms with Crippen LogP contribution in [0.25, 0.3) is 0 Å². The summed E-state index contributed by atoms with van der Waals surface area (Å²) in [6.45, 7) is 2.42. The van der Waals surface area contributed by atoms with Crippen LogP contribution in [0, 0.1) is 6.92 Å². The maximum atomic E-state index is 12.9. The van der Waals surface area contributed by atoms with E-state index < -0.39 is 33.8 Å². The zero-order valence-corrected chi connectivity index (χ0v) is 20.0. The molecule has 34 heavy (non-hydrogen) atoms. The van der Waals surface area contributed by atoms with E-state index in [2.05, 4.69) is 16.0 Å². The molecule has 2 atom stereocenters. The molecule has 0 aromatic heterocycles. The van der Waals surface area contributed by atoms with E-state index in [1.807, 2.05) is 13.0 Å². The van der Waals surface area contributed by atoms with Gasteiger partial charge in [0.15, 0.2) is 0 Å². The number of benzene rings is 2. The van der Waals surface area contributed by atoms with Crippen LogP contribution in [0.3, 0.4) is 0 Å². The molecule has 1 fully saturated rings. The van der Waals surface area contributed by atoms with Crippen molar-refractivity contribution in [3.63, 3.8) is 0 Å². The second-order valence-electron chi connectivity index (χ2n) is 8.37. The SMILES string of the molecule is Cc1cccc(C(=O)N[C@H](CCS(C)(=O)=O)C(=O)Nc2ccc(NC(=O)[C@@H]3CCCO3)cc2)c1. The van der Waals surface area contributed by atoms with E-state index in [0.29, 0.717) is 30.0 Å². The summed E-state index contributed by atoms with van der Waals surface area (Å²) in [5.74, 6) is -1.48. The monoisotopic (exact) mass is 487 g/mol. The molecule has 3 N–H and O–H groups in total. The average Bonchev–Trinajstić information content (AvgIpc) is 3.32. The Bertz CT molecular complexity index is 1140. The van der Waals surface area contributed by atoms with Crippen LogP contribution in [-0.2, 0) is 24.2 Å². The number of ether oxygens (including phenoxy) is 1. The van der Waals surface area contributed by atoms with E-state index >= 15 is 0 Å². The maximum Gasteiger partial charge on any atom is 0.253 e. The summed E-state index contributed by atoms with van der Waals surface area (Å²) < 4.78 is 28.7. The number of carbonyl (C=O) groups excluding carboxylic acids is 3. The molecule has 2 aromatic rings. The summed E-state index contributed by atoms with van der Waals surface area (Å²) >= 11 is 0. The lowest BCUT2D eigenvalue weighted by Crippen LogP contribution is -2.44. The average molecular weight is 488 g/mol. The first-order valence-electron chi connectivity index (χ1n) is 11.0. The topological polar surface area (TPSA) is 131 Å². The predicted octanol–water partition coefficient (Wildman–Crippen LogP) is 2.28. The molecule has 9 nitrogen and oxygen atoms in total. The van der Waals surface area contributed by atoms with Gasteiger partial charge in [-0.1, -0.05) is 17.7 Å². The van der Waals surface area contributed by atoms with Gasteiger partial charge >= 0.3 is 0 Å². The number of hydrogen-bond donors (Lipinski definition) is 3. The third kappa shape index (κ3) is 7.67. The maximum absolute atomic E-state index is 12.9. The molecule has 3 rings (SSSR count). The summed E-state index contributed by atoms with van der Waals surface area (Å²) in [5.41, 5.74) is 2.26. The fourth-order valence-corrected chi connectivity index (χ4v) is 4.17. The quantitative estimate of drug-likeness (QED) is 0.497. The van der Waals surface area contributed by atoms with Crippen molar-refractivity contribution in [2.45, 2.75) is 38.3 Å². The molecule has 10 heteroatoms. The summed E-state index contributed by atoms with van der Waals surface area (Å²) in [6, 6.07) is 12.3. The molecule has 0 radical (unpaired) electrons. The highest BCUT2D eigenvalue weighted by Crippen LogP contribution is 2.18. The predicted molar refractivity (Wildman–Crippen MR) is 129 cm³/mol. The van der Waals surface area contributed by atoms with Crippen molar-refractivity contribution in [1.82, 2.24) is 5.32 Å². The summed E-state index contributed by atoms with van der Waals surface area (Å²) in [6.07, 6.45) is 2.09. The minimum Gasteiger partial charge on any atom is -0.368 e. The van der Waals surface area contributed by atoms with E-state index in [4.69, 9.17) is 4.74 Å². The highest BCUT2D eigenvalue weighted by molar-refractivity contribution is 7.90. The smallest absolute Gasteiger partial charge is 0.253 e. The first kappa shape index (κ1) is 25.4. The molecule has 0 spiro atoms. The normalized spacial score (nSPS) is 16.5. The number of anilines is 2. The van der Waals surface area contributed by atoms with Crippen LogP contribution >= 0.6 is 0 Å². The Hall–Kier alpha value is -3.24. The van der Waals surface area contributed by atoms with Gasteiger partial charge in [0.1, 0.15) is 22.0 Å². The number of carbonyl (C=O) groups is 3. The van der Waals surface area contributed by atoms with Gasteiger partial charge in [0.2, 0.25) is 5.91 Å². The van der Waals surface area contributed by atoms with E-state index in [-0.39, 0.29) is 18.1 Å². The van der Waals surface area contributed by atoms with Crippen LogP contribution in [0.2, 0.25) is 0 Å². The van der Waals surface area contributed by atoms with Crippen LogP contribution in [0.4, 0.5) is 11.4 Å². The molecule has 1 aliphatic heterocycles. The van der Waals surface area contributed by atoms with Crippen molar-refractivity contribution in [2.75, 3.05) is 29.2 Å². The zero-order chi connectivity index (χ0) is 24.7. The van der Waals surface area contributed by atoms with Crippen molar-refractivity contribution in [3.8, 4) is 0 Å². The fraction of sp³-hybridized carbons (Fsp3) is 0.375. The van der Waals surface area contributed by atoms with Crippen molar-refractivity contribution in [3.05, 3.63) is 59.7 Å². The number of nitrogens with one attached hydrogen (secondary N) is 3. The molecule has 0 unspecified atom stereocenters. The van der Waals surface area contributed by atoms with Gasteiger partial charge in [-0.3, -0.25) is 14.4 Å². The van der Waals surface area contributed by atoms with Gasteiger partial charge in [-0.2, -0.15) is 0 Å². The Kier molecular flexibility index (Phi) is 8.41. The van der Waals surface area contributed by atoms with E-state index in [0.717, 1.165) is 18.2 Å². The summed E-state index contributed by atoms with van der Waals surface area (Å²) in [7, 11) is -3.34. The number of aryl methyl sites for hydroxylation is 1. The second-order valence-corrected chi connectivity index (χ2v) is 10.6. The molecule has 1 saturated heterocycles. The molecular weight excluding hydrogens is 458 g/mol. The first-order chi connectivity index (χ1) is 16.1. The largest absolute Gasteiger partial charge is 0.368 e. The standard InChI is InChI=1S/C24H29N3O6S/c1-16-5-3-6-17(15-16)22(28)27-20(12-14-34(2,31)32)23(29)25-18-8-10-19(11-9-18)26-24(30)21-7-4-13-33-21/h3,5-6,8-11,15,20-21H,4,7,12-14H2,1-2H3,(H,25,29)(H,26,30)(H,27,28)/t20-,21+/m1/s1. The minimum atomic E-state index is -3.34. The van der Waals surface area contributed by atoms with Crippen molar-refractivity contribution in [2.24, 2.45) is 0 Å². The molecule has 0 bridgehead atoms. The molecule has 2 aromatic carbocycles. The van der Waals surface area contributed by atoms with Gasteiger partial charge in [-0.15, -0.1) is 0 Å². The zero-order valence-electron chi connectivity index (χ0n) is 19.2. The molecule has 3 amide bonds. The molecule has 182 valence electrons. The number of amides is 3. The van der Waals surface area contributed by atoms with Crippen LogP contribution in [0.5, 0.6) is 0 Å². The lowest BCUT2D eigenvalue weighted by Gasteiger charge is -2.19. The van der Waals surface area contributed by atoms with Crippen LogP contribution in [0.15, 0.2) is 48.5 Å². The highest BCUT2D eigenvalue weighted by Gasteiger charge is 2.25. The third-order valence-electron chi connectivity index (χ3n) is 5.32. The number of sulfone groups is 1. The second kappa shape index (κ2) is 11.3. The molecule has 1 aliphatic rings. The van der Waals surface area contributed by atoms with Gasteiger partial charge in [0.05, 0.1) is 5.75 Å². The number of hydrogen-bond acceptors (Lipinski definition) is 6. The van der Waals surface area contributed by atoms with E-state index in [1.54, 1.807) is 42.5 Å². The molecular formula is C24H29N3O6S. The Morgan fingerprint density at radius 3 is 2.32 bits per heavy atom. The van der Waals surface area contributed by atoms with Gasteiger partial charge in [0, 0.05) is 29.8 Å². The summed E-state index contributed by atoms with van der Waals surface area (Å²) in [5, 5.41) is 8.10. The molecule has 0 saturated carbocycles. The first-order valence-corrected chi connectivity index (χ1v) is 13.1. The Morgan fingerprint density at radius 2 is 1.74 bits per heavy atom. The Balaban J connectivity index is 1.65. The van der Waals surface area contributed by atoms with Crippen molar-refractivity contribution >= 4 is 38.9 Å². The highest BCUT2D eigenvalue weighted by atomic mass is 32.2. The lowest BCUT2D eigenvalue weighted by atomic mass is 10.1. The van der Waals surface area contributed by atoms with Crippen LogP contribution < -0.4 is 16.0 Å². The Morgan fingerprint density at radius 1 is 1.06 bits per heavy atom. The van der Waals surface area contributed by atoms with Gasteiger partial charge in [0.25, 0.3) is 11.8 Å². The minimum absolute atomic E-state index is 0.0717.